The SMILES string of the molecule is Cc1cc(C2(c3cc(C)c4c(c3)CN(CCS)CO4)c3ccccc3-c3ccccc32)cc2c1OCN(CCS)C2. The molecule has 0 fully saturated rings. The fourth-order valence-corrected chi connectivity index (χ4v) is 7.82. The van der Waals surface area contributed by atoms with Crippen molar-refractivity contribution in [2.24, 2.45) is 0 Å². The van der Waals surface area contributed by atoms with Gasteiger partial charge < -0.3 is 9.47 Å². The molecule has 0 saturated heterocycles. The van der Waals surface area contributed by atoms with Gasteiger partial charge in [0.05, 0.1) is 5.41 Å². The summed E-state index contributed by atoms with van der Waals surface area (Å²) in [5.74, 6) is 3.67. The van der Waals surface area contributed by atoms with Gasteiger partial charge in [0, 0.05) is 48.8 Å². The molecule has 41 heavy (non-hydrogen) atoms. The highest BCUT2D eigenvalue weighted by atomic mass is 32.1. The summed E-state index contributed by atoms with van der Waals surface area (Å²) in [5, 5.41) is 0. The third-order valence-corrected chi connectivity index (χ3v) is 9.32. The van der Waals surface area contributed by atoms with E-state index in [1.807, 2.05) is 0 Å². The van der Waals surface area contributed by atoms with Gasteiger partial charge in [-0.15, -0.1) is 0 Å². The molecule has 0 unspecified atom stereocenters. The van der Waals surface area contributed by atoms with E-state index >= 15 is 0 Å². The monoisotopic (exact) mass is 580 g/mol. The van der Waals surface area contributed by atoms with Crippen LogP contribution in [-0.4, -0.2) is 47.9 Å². The average Bonchev–Trinajstić information content (AvgIpc) is 3.28. The molecule has 0 saturated carbocycles. The average molecular weight is 581 g/mol. The molecule has 1 aliphatic carbocycles. The zero-order valence-corrected chi connectivity index (χ0v) is 25.5. The fraction of sp³-hybridized carbons (Fsp3) is 0.314. The van der Waals surface area contributed by atoms with Gasteiger partial charge in [0.25, 0.3) is 0 Å². The Hall–Kier alpha value is -2.90. The van der Waals surface area contributed by atoms with Crippen LogP contribution in [0.1, 0.15) is 44.5 Å². The predicted molar refractivity (Wildman–Crippen MR) is 173 cm³/mol. The first-order valence-electron chi connectivity index (χ1n) is 14.4. The Morgan fingerprint density at radius 2 is 1.10 bits per heavy atom. The first-order chi connectivity index (χ1) is 20.0. The lowest BCUT2D eigenvalue weighted by Gasteiger charge is -2.38. The first-order valence-corrected chi connectivity index (χ1v) is 15.7. The van der Waals surface area contributed by atoms with Crippen LogP contribution >= 0.6 is 25.3 Å². The number of benzene rings is 4. The molecule has 3 aliphatic rings. The molecule has 0 amide bonds. The highest BCUT2D eigenvalue weighted by Crippen LogP contribution is 2.57. The maximum absolute atomic E-state index is 6.31. The van der Waals surface area contributed by atoms with Crippen molar-refractivity contribution in [1.29, 1.82) is 0 Å². The molecule has 2 aliphatic heterocycles. The maximum atomic E-state index is 6.31. The van der Waals surface area contributed by atoms with E-state index in [4.69, 9.17) is 9.47 Å². The van der Waals surface area contributed by atoms with Gasteiger partial charge >= 0.3 is 0 Å². The molecular weight excluding hydrogens is 545 g/mol. The lowest BCUT2D eigenvalue weighted by Crippen LogP contribution is -2.36. The van der Waals surface area contributed by atoms with Crippen molar-refractivity contribution in [3.05, 3.63) is 117 Å². The molecule has 4 nitrogen and oxygen atoms in total. The topological polar surface area (TPSA) is 24.9 Å². The summed E-state index contributed by atoms with van der Waals surface area (Å²) < 4.78 is 12.6. The minimum Gasteiger partial charge on any atom is -0.478 e. The summed E-state index contributed by atoms with van der Waals surface area (Å²) in [5.41, 5.74) is 12.2. The molecule has 210 valence electrons. The number of hydrogen-bond donors (Lipinski definition) is 2. The van der Waals surface area contributed by atoms with Crippen molar-refractivity contribution < 1.29 is 9.47 Å². The summed E-state index contributed by atoms with van der Waals surface area (Å²) in [6, 6.07) is 27.4. The van der Waals surface area contributed by atoms with Crippen molar-refractivity contribution in [2.75, 3.05) is 38.1 Å². The van der Waals surface area contributed by atoms with Crippen molar-refractivity contribution in [2.45, 2.75) is 32.4 Å². The largest absolute Gasteiger partial charge is 0.478 e. The zero-order valence-electron chi connectivity index (χ0n) is 23.7. The van der Waals surface area contributed by atoms with Crippen molar-refractivity contribution >= 4 is 25.3 Å². The van der Waals surface area contributed by atoms with Crippen LogP contribution in [0, 0.1) is 13.8 Å². The van der Waals surface area contributed by atoms with E-state index < -0.39 is 5.41 Å². The minimum atomic E-state index is -0.468. The van der Waals surface area contributed by atoms with E-state index in [2.05, 4.69) is 122 Å². The van der Waals surface area contributed by atoms with Gasteiger partial charge in [0.1, 0.15) is 25.0 Å². The van der Waals surface area contributed by atoms with Gasteiger partial charge in [-0.2, -0.15) is 25.3 Å². The van der Waals surface area contributed by atoms with Crippen LogP contribution in [0.4, 0.5) is 0 Å². The van der Waals surface area contributed by atoms with Crippen molar-refractivity contribution in [3.8, 4) is 22.6 Å². The van der Waals surface area contributed by atoms with Gasteiger partial charge in [-0.1, -0.05) is 60.7 Å². The normalized spacial score (nSPS) is 17.2. The van der Waals surface area contributed by atoms with Gasteiger partial charge in [-0.05, 0) is 70.5 Å². The highest BCUT2D eigenvalue weighted by molar-refractivity contribution is 7.80. The highest BCUT2D eigenvalue weighted by Gasteiger charge is 2.47. The summed E-state index contributed by atoms with van der Waals surface area (Å²) in [6.45, 7) is 9.12. The van der Waals surface area contributed by atoms with E-state index in [-0.39, 0.29) is 0 Å². The second-order valence-electron chi connectivity index (χ2n) is 11.5. The second-order valence-corrected chi connectivity index (χ2v) is 12.4. The van der Waals surface area contributed by atoms with Crippen LogP contribution in [0.3, 0.4) is 0 Å². The van der Waals surface area contributed by atoms with Gasteiger partial charge in [-0.3, -0.25) is 9.80 Å². The Morgan fingerprint density at radius 1 is 0.659 bits per heavy atom. The Morgan fingerprint density at radius 3 is 1.54 bits per heavy atom. The van der Waals surface area contributed by atoms with Gasteiger partial charge in [0.15, 0.2) is 0 Å². The van der Waals surface area contributed by atoms with Crippen molar-refractivity contribution in [3.63, 3.8) is 0 Å². The lowest BCUT2D eigenvalue weighted by atomic mass is 9.66. The Bertz CT molecular complexity index is 1510. The quantitative estimate of drug-likeness (QED) is 0.215. The van der Waals surface area contributed by atoms with Crippen LogP contribution in [0.15, 0.2) is 72.8 Å². The molecular formula is C35H36N2O2S2. The smallest absolute Gasteiger partial charge is 0.142 e. The van der Waals surface area contributed by atoms with Crippen LogP contribution in [0.25, 0.3) is 11.1 Å². The number of ether oxygens (including phenoxy) is 2. The molecule has 7 rings (SSSR count). The van der Waals surface area contributed by atoms with E-state index in [1.54, 1.807) is 0 Å². The molecule has 0 bridgehead atoms. The lowest BCUT2D eigenvalue weighted by molar-refractivity contribution is 0.101. The van der Waals surface area contributed by atoms with Crippen LogP contribution in [-0.2, 0) is 18.5 Å². The minimum absolute atomic E-state index is 0.468. The number of hydrogen-bond acceptors (Lipinski definition) is 6. The summed E-state index contributed by atoms with van der Waals surface area (Å²) in [4.78, 5) is 4.66. The predicted octanol–water partition coefficient (Wildman–Crippen LogP) is 6.83. The zero-order chi connectivity index (χ0) is 28.1. The van der Waals surface area contributed by atoms with E-state index in [9.17, 15) is 0 Å². The summed E-state index contributed by atoms with van der Waals surface area (Å²) in [6.07, 6.45) is 0. The molecule has 2 heterocycles. The molecule has 0 radical (unpaired) electrons. The van der Waals surface area contributed by atoms with E-state index in [0.717, 1.165) is 49.2 Å². The third-order valence-electron chi connectivity index (χ3n) is 8.92. The second kappa shape index (κ2) is 10.7. The van der Waals surface area contributed by atoms with E-state index in [1.165, 1.54) is 55.6 Å². The van der Waals surface area contributed by atoms with Crippen LogP contribution in [0.2, 0.25) is 0 Å². The number of nitrogens with zero attached hydrogens (tertiary/aromatic N) is 2. The number of fused-ring (bicyclic) bond motifs is 5. The molecule has 0 aromatic heterocycles. The molecule has 6 heteroatoms. The number of aryl methyl sites for hydroxylation is 2. The van der Waals surface area contributed by atoms with Crippen LogP contribution in [0.5, 0.6) is 11.5 Å². The number of thiol groups is 2. The summed E-state index contributed by atoms with van der Waals surface area (Å²) >= 11 is 8.98. The Labute approximate surface area is 254 Å². The molecule has 4 aromatic carbocycles. The van der Waals surface area contributed by atoms with Crippen molar-refractivity contribution in [1.82, 2.24) is 9.80 Å². The Balaban J connectivity index is 1.51. The third kappa shape index (κ3) is 4.30. The van der Waals surface area contributed by atoms with E-state index in [0.29, 0.717) is 13.5 Å². The molecule has 4 aromatic rings. The van der Waals surface area contributed by atoms with Gasteiger partial charge in [-0.25, -0.2) is 0 Å². The molecule has 0 atom stereocenters. The standard InChI is InChI=1S/C35H36N2O2S2/c1-23-15-27(17-25-19-36(11-13-40)21-38-33(23)25)35(31-9-5-3-7-29(31)30-8-4-6-10-32(30)35)28-16-24(2)34-26(18-28)20-37(12-14-41)22-39-34/h3-10,15-18,40-41H,11-14,19-22H2,1-2H3. The van der Waals surface area contributed by atoms with Gasteiger partial charge in [0.2, 0.25) is 0 Å². The number of rotatable bonds is 6. The first kappa shape index (κ1) is 27.0. The fourth-order valence-electron chi connectivity index (χ4n) is 7.25. The Kier molecular flexibility index (Phi) is 7.06. The van der Waals surface area contributed by atoms with Crippen LogP contribution < -0.4 is 9.47 Å². The maximum Gasteiger partial charge on any atom is 0.142 e. The molecule has 0 spiro atoms. The molecule has 0 N–H and O–H groups in total. The summed E-state index contributed by atoms with van der Waals surface area (Å²) in [7, 11) is 0.